The zero-order valence-corrected chi connectivity index (χ0v) is 10.6. The number of aryl methyl sites for hydroxylation is 1. The second-order valence-electron chi connectivity index (χ2n) is 4.39. The van der Waals surface area contributed by atoms with Crippen LogP contribution in [0.3, 0.4) is 0 Å². The van der Waals surface area contributed by atoms with Crippen LogP contribution in [-0.4, -0.2) is 12.0 Å². The Morgan fingerprint density at radius 3 is 2.83 bits per heavy atom. The average Bonchev–Trinajstić information content (AvgIpc) is 2.39. The van der Waals surface area contributed by atoms with E-state index < -0.39 is 0 Å². The van der Waals surface area contributed by atoms with Gasteiger partial charge in [-0.2, -0.15) is 5.26 Å². The summed E-state index contributed by atoms with van der Waals surface area (Å²) < 4.78 is 0. The van der Waals surface area contributed by atoms with Crippen molar-refractivity contribution in [3.8, 4) is 6.07 Å². The van der Waals surface area contributed by atoms with Crippen LogP contribution in [0.15, 0.2) is 42.7 Å². The minimum atomic E-state index is 0.682. The van der Waals surface area contributed by atoms with Crippen molar-refractivity contribution in [2.75, 3.05) is 11.9 Å². The summed E-state index contributed by atoms with van der Waals surface area (Å²) >= 11 is 0. The van der Waals surface area contributed by atoms with Crippen LogP contribution in [0, 0.1) is 18.3 Å². The largest absolute Gasteiger partial charge is 0.370 e. The second-order valence-corrected chi connectivity index (χ2v) is 4.39. The predicted octanol–water partition coefficient (Wildman–Crippen LogP) is 2.90. The lowest BCUT2D eigenvalue weighted by Gasteiger charge is -2.19. The summed E-state index contributed by atoms with van der Waals surface area (Å²) in [6, 6.07) is 11.9. The van der Waals surface area contributed by atoms with Crippen LogP contribution in [0.2, 0.25) is 0 Å². The molecule has 0 radical (unpaired) electrons. The molecule has 0 N–H and O–H groups in total. The van der Waals surface area contributed by atoms with E-state index in [1.807, 2.05) is 50.6 Å². The molecule has 0 amide bonds. The lowest BCUT2D eigenvalue weighted by Crippen LogP contribution is -2.16. The Hall–Kier alpha value is -2.34. The highest BCUT2D eigenvalue weighted by Gasteiger charge is 2.03. The molecule has 0 bridgehead atoms. The Labute approximate surface area is 107 Å². The summed E-state index contributed by atoms with van der Waals surface area (Å²) in [7, 11) is 2.01. The summed E-state index contributed by atoms with van der Waals surface area (Å²) in [6.07, 6.45) is 3.72. The monoisotopic (exact) mass is 237 g/mol. The summed E-state index contributed by atoms with van der Waals surface area (Å²) in [6.45, 7) is 2.82. The van der Waals surface area contributed by atoms with Crippen LogP contribution < -0.4 is 4.90 Å². The number of nitrogens with zero attached hydrogens (tertiary/aromatic N) is 3. The zero-order chi connectivity index (χ0) is 13.0. The van der Waals surface area contributed by atoms with E-state index in [1.54, 1.807) is 0 Å². The van der Waals surface area contributed by atoms with Crippen molar-refractivity contribution >= 4 is 5.69 Å². The van der Waals surface area contributed by atoms with Crippen molar-refractivity contribution < 1.29 is 0 Å². The van der Waals surface area contributed by atoms with Gasteiger partial charge in [0.25, 0.3) is 0 Å². The van der Waals surface area contributed by atoms with Crippen LogP contribution in [0.4, 0.5) is 5.69 Å². The Morgan fingerprint density at radius 2 is 2.11 bits per heavy atom. The molecule has 0 fully saturated rings. The Balaban J connectivity index is 2.17. The van der Waals surface area contributed by atoms with Crippen molar-refractivity contribution in [1.29, 1.82) is 5.26 Å². The Kier molecular flexibility index (Phi) is 3.59. The first kappa shape index (κ1) is 12.1. The molecule has 90 valence electrons. The first-order chi connectivity index (χ1) is 8.69. The van der Waals surface area contributed by atoms with Crippen LogP contribution in [0.5, 0.6) is 0 Å². The summed E-state index contributed by atoms with van der Waals surface area (Å²) in [4.78, 5) is 6.29. The molecule has 2 aromatic rings. The highest BCUT2D eigenvalue weighted by atomic mass is 15.1. The van der Waals surface area contributed by atoms with E-state index >= 15 is 0 Å². The number of benzene rings is 1. The maximum Gasteiger partial charge on any atom is 0.0992 e. The molecule has 1 aromatic carbocycles. The molecule has 2 rings (SSSR count). The number of anilines is 1. The number of hydrogen-bond donors (Lipinski definition) is 0. The number of aromatic nitrogens is 1. The summed E-state index contributed by atoms with van der Waals surface area (Å²) in [5.74, 6) is 0. The van der Waals surface area contributed by atoms with E-state index in [0.29, 0.717) is 5.56 Å². The average molecular weight is 237 g/mol. The molecule has 18 heavy (non-hydrogen) atoms. The predicted molar refractivity (Wildman–Crippen MR) is 72.2 cm³/mol. The molecule has 1 aromatic heterocycles. The van der Waals surface area contributed by atoms with Crippen molar-refractivity contribution in [3.05, 3.63) is 59.4 Å². The molecule has 3 heteroatoms. The summed E-state index contributed by atoms with van der Waals surface area (Å²) in [5, 5.41) is 8.89. The van der Waals surface area contributed by atoms with Crippen molar-refractivity contribution in [3.63, 3.8) is 0 Å². The fraction of sp³-hybridized carbons (Fsp3) is 0.200. The number of rotatable bonds is 3. The second kappa shape index (κ2) is 5.33. The maximum absolute atomic E-state index is 8.89. The standard InChI is InChI=1S/C15H15N3/c1-12-6-14(10-17-9-12)11-18(2)15-5-3-4-13(7-15)8-16/h3-7,9-10H,11H2,1-2H3. The molecule has 1 heterocycles. The first-order valence-corrected chi connectivity index (χ1v) is 5.81. The van der Waals surface area contributed by atoms with E-state index in [-0.39, 0.29) is 0 Å². The fourth-order valence-electron chi connectivity index (χ4n) is 1.88. The Morgan fingerprint density at radius 1 is 1.28 bits per heavy atom. The van der Waals surface area contributed by atoms with Crippen molar-refractivity contribution in [1.82, 2.24) is 4.98 Å². The molecule has 0 saturated carbocycles. The quantitative estimate of drug-likeness (QED) is 0.824. The molecule has 0 aliphatic carbocycles. The van der Waals surface area contributed by atoms with Gasteiger partial charge in [0, 0.05) is 31.7 Å². The van der Waals surface area contributed by atoms with Crippen LogP contribution in [0.1, 0.15) is 16.7 Å². The van der Waals surface area contributed by atoms with Crippen LogP contribution in [-0.2, 0) is 6.54 Å². The molecule has 0 aliphatic rings. The highest BCUT2D eigenvalue weighted by molar-refractivity contribution is 5.51. The van der Waals surface area contributed by atoms with E-state index in [2.05, 4.69) is 22.0 Å². The van der Waals surface area contributed by atoms with Gasteiger partial charge >= 0.3 is 0 Å². The third kappa shape index (κ3) is 2.86. The van der Waals surface area contributed by atoms with Crippen molar-refractivity contribution in [2.24, 2.45) is 0 Å². The Bertz CT molecular complexity index is 584. The van der Waals surface area contributed by atoms with E-state index in [0.717, 1.165) is 17.8 Å². The van der Waals surface area contributed by atoms with Gasteiger partial charge in [0.05, 0.1) is 11.6 Å². The smallest absolute Gasteiger partial charge is 0.0992 e. The lowest BCUT2D eigenvalue weighted by molar-refractivity contribution is 0.912. The third-order valence-corrected chi connectivity index (χ3v) is 2.77. The van der Waals surface area contributed by atoms with Gasteiger partial charge in [-0.1, -0.05) is 12.1 Å². The van der Waals surface area contributed by atoms with Gasteiger partial charge < -0.3 is 4.90 Å². The van der Waals surface area contributed by atoms with Gasteiger partial charge in [0.1, 0.15) is 0 Å². The van der Waals surface area contributed by atoms with Gasteiger partial charge in [0.2, 0.25) is 0 Å². The van der Waals surface area contributed by atoms with E-state index in [4.69, 9.17) is 5.26 Å². The number of nitriles is 1. The first-order valence-electron chi connectivity index (χ1n) is 5.81. The molecule has 3 nitrogen and oxygen atoms in total. The van der Waals surface area contributed by atoms with Crippen molar-refractivity contribution in [2.45, 2.75) is 13.5 Å². The maximum atomic E-state index is 8.89. The highest BCUT2D eigenvalue weighted by Crippen LogP contribution is 2.16. The third-order valence-electron chi connectivity index (χ3n) is 2.77. The molecular formula is C15H15N3. The van der Waals surface area contributed by atoms with Gasteiger partial charge in [0.15, 0.2) is 0 Å². The molecule has 0 aliphatic heterocycles. The normalized spacial score (nSPS) is 9.83. The van der Waals surface area contributed by atoms with Gasteiger partial charge in [-0.25, -0.2) is 0 Å². The molecular weight excluding hydrogens is 222 g/mol. The topological polar surface area (TPSA) is 39.9 Å². The zero-order valence-electron chi connectivity index (χ0n) is 10.6. The summed E-state index contributed by atoms with van der Waals surface area (Å²) in [5.41, 5.74) is 4.05. The number of hydrogen-bond acceptors (Lipinski definition) is 3. The molecule has 0 spiro atoms. The van der Waals surface area contributed by atoms with Gasteiger partial charge in [-0.05, 0) is 36.2 Å². The van der Waals surface area contributed by atoms with Crippen LogP contribution >= 0.6 is 0 Å². The lowest BCUT2D eigenvalue weighted by atomic mass is 10.2. The minimum Gasteiger partial charge on any atom is -0.370 e. The molecule has 0 unspecified atom stereocenters. The molecule has 0 saturated heterocycles. The van der Waals surface area contributed by atoms with Gasteiger partial charge in [-0.3, -0.25) is 4.98 Å². The van der Waals surface area contributed by atoms with E-state index in [9.17, 15) is 0 Å². The van der Waals surface area contributed by atoms with Gasteiger partial charge in [-0.15, -0.1) is 0 Å². The number of pyridine rings is 1. The van der Waals surface area contributed by atoms with Crippen LogP contribution in [0.25, 0.3) is 0 Å². The van der Waals surface area contributed by atoms with E-state index in [1.165, 1.54) is 5.56 Å². The SMILES string of the molecule is Cc1cncc(CN(C)c2cccc(C#N)c2)c1. The minimum absolute atomic E-state index is 0.682. The fourth-order valence-corrected chi connectivity index (χ4v) is 1.88. The molecule has 0 atom stereocenters.